The van der Waals surface area contributed by atoms with E-state index < -0.39 is 6.10 Å². The van der Waals surface area contributed by atoms with Crippen LogP contribution in [0.4, 0.5) is 5.69 Å². The van der Waals surface area contributed by atoms with Crippen LogP contribution >= 0.6 is 0 Å². The summed E-state index contributed by atoms with van der Waals surface area (Å²) in [5.74, 6) is -1.06. The van der Waals surface area contributed by atoms with E-state index in [1.807, 2.05) is 62.4 Å². The molecule has 1 atom stereocenters. The number of hydrogen-bond acceptors (Lipinski definition) is 4. The second kappa shape index (κ2) is 9.57. The lowest BCUT2D eigenvalue weighted by Gasteiger charge is -2.31. The molecular weight excluding hydrogens is 380 g/mol. The summed E-state index contributed by atoms with van der Waals surface area (Å²) in [5.41, 5.74) is 3.40. The van der Waals surface area contributed by atoms with E-state index in [2.05, 4.69) is 5.32 Å². The van der Waals surface area contributed by atoms with Crippen molar-refractivity contribution in [3.05, 3.63) is 65.2 Å². The molecule has 1 aliphatic heterocycles. The maximum atomic E-state index is 12.7. The zero-order valence-corrected chi connectivity index (χ0v) is 17.7. The van der Waals surface area contributed by atoms with E-state index in [1.165, 1.54) is 0 Å². The minimum absolute atomic E-state index is 0.00855. The molecule has 0 saturated carbocycles. The Bertz CT molecular complexity index is 915. The molecule has 1 N–H and O–H groups in total. The van der Waals surface area contributed by atoms with Crippen LogP contribution < -0.4 is 5.32 Å². The van der Waals surface area contributed by atoms with Gasteiger partial charge in [-0.25, -0.2) is 0 Å². The topological polar surface area (TPSA) is 75.7 Å². The largest absolute Gasteiger partial charge is 0.452 e. The van der Waals surface area contributed by atoms with E-state index in [-0.39, 0.29) is 23.7 Å². The predicted molar refractivity (Wildman–Crippen MR) is 115 cm³/mol. The standard InChI is InChI=1S/C24H28N2O4/c1-16-8-10-20(11-9-16)25-22(27)18(3)30-24(29)19-12-14-26(15-13-19)23(28)21-7-5-4-6-17(21)2/h4-11,18-19H,12-15H2,1-3H3,(H,25,27)/t18-/m0/s1. The molecule has 3 rings (SSSR count). The second-order valence-corrected chi connectivity index (χ2v) is 7.82. The average Bonchev–Trinajstić information content (AvgIpc) is 2.75. The van der Waals surface area contributed by atoms with Crippen LogP contribution in [-0.2, 0) is 14.3 Å². The van der Waals surface area contributed by atoms with Crippen LogP contribution in [0.2, 0.25) is 0 Å². The fraction of sp³-hybridized carbons (Fsp3) is 0.375. The number of rotatable bonds is 5. The van der Waals surface area contributed by atoms with Gasteiger partial charge in [-0.15, -0.1) is 0 Å². The molecule has 6 nitrogen and oxygen atoms in total. The number of ether oxygens (including phenoxy) is 1. The van der Waals surface area contributed by atoms with Crippen LogP contribution in [-0.4, -0.2) is 41.9 Å². The Morgan fingerprint density at radius 3 is 2.27 bits per heavy atom. The van der Waals surface area contributed by atoms with Gasteiger partial charge in [-0.1, -0.05) is 35.9 Å². The number of carbonyl (C=O) groups is 3. The van der Waals surface area contributed by atoms with E-state index in [0.717, 1.165) is 11.1 Å². The van der Waals surface area contributed by atoms with Crippen LogP contribution in [0.25, 0.3) is 0 Å². The zero-order chi connectivity index (χ0) is 21.7. The minimum Gasteiger partial charge on any atom is -0.452 e. The van der Waals surface area contributed by atoms with Crippen LogP contribution in [0.1, 0.15) is 41.3 Å². The Kier molecular flexibility index (Phi) is 6.87. The van der Waals surface area contributed by atoms with Crippen molar-refractivity contribution in [1.29, 1.82) is 0 Å². The first kappa shape index (κ1) is 21.6. The van der Waals surface area contributed by atoms with Gasteiger partial charge in [-0.3, -0.25) is 14.4 Å². The third kappa shape index (κ3) is 5.26. The van der Waals surface area contributed by atoms with Crippen molar-refractivity contribution < 1.29 is 19.1 Å². The predicted octanol–water partition coefficient (Wildman–Crippen LogP) is 3.73. The maximum absolute atomic E-state index is 12.7. The number of likely N-dealkylation sites (tertiary alicyclic amines) is 1. The molecule has 1 heterocycles. The number of esters is 1. The third-order valence-electron chi connectivity index (χ3n) is 5.47. The van der Waals surface area contributed by atoms with Gasteiger partial charge in [0.1, 0.15) is 0 Å². The molecule has 0 aliphatic carbocycles. The molecule has 158 valence electrons. The lowest BCUT2D eigenvalue weighted by Crippen LogP contribution is -2.42. The van der Waals surface area contributed by atoms with Gasteiger partial charge < -0.3 is 15.0 Å². The molecular formula is C24H28N2O4. The Hall–Kier alpha value is -3.15. The summed E-state index contributed by atoms with van der Waals surface area (Å²) in [5, 5.41) is 2.75. The second-order valence-electron chi connectivity index (χ2n) is 7.82. The monoisotopic (exact) mass is 408 g/mol. The van der Waals surface area contributed by atoms with Crippen molar-refractivity contribution in [1.82, 2.24) is 4.90 Å². The highest BCUT2D eigenvalue weighted by Crippen LogP contribution is 2.22. The number of carbonyl (C=O) groups excluding carboxylic acids is 3. The van der Waals surface area contributed by atoms with Crippen molar-refractivity contribution in [2.75, 3.05) is 18.4 Å². The minimum atomic E-state index is -0.884. The highest BCUT2D eigenvalue weighted by Gasteiger charge is 2.31. The van der Waals surface area contributed by atoms with Gasteiger partial charge in [-0.05, 0) is 57.4 Å². The molecule has 30 heavy (non-hydrogen) atoms. The highest BCUT2D eigenvalue weighted by molar-refractivity contribution is 5.96. The zero-order valence-electron chi connectivity index (χ0n) is 17.7. The van der Waals surface area contributed by atoms with Gasteiger partial charge in [0.05, 0.1) is 5.92 Å². The normalized spacial score (nSPS) is 15.4. The van der Waals surface area contributed by atoms with Crippen LogP contribution in [0.5, 0.6) is 0 Å². The maximum Gasteiger partial charge on any atom is 0.309 e. The van der Waals surface area contributed by atoms with Gasteiger partial charge in [0.25, 0.3) is 11.8 Å². The summed E-state index contributed by atoms with van der Waals surface area (Å²) in [6.07, 6.45) is 0.177. The smallest absolute Gasteiger partial charge is 0.309 e. The summed E-state index contributed by atoms with van der Waals surface area (Å²) >= 11 is 0. The SMILES string of the molecule is Cc1ccc(NC(=O)[C@H](C)OC(=O)C2CCN(C(=O)c3ccccc3C)CC2)cc1. The van der Waals surface area contributed by atoms with Crippen LogP contribution in [0.15, 0.2) is 48.5 Å². The Morgan fingerprint density at radius 2 is 1.63 bits per heavy atom. The van der Waals surface area contributed by atoms with Crippen molar-refractivity contribution in [2.24, 2.45) is 5.92 Å². The number of anilines is 1. The van der Waals surface area contributed by atoms with Crippen molar-refractivity contribution in [3.63, 3.8) is 0 Å². The fourth-order valence-corrected chi connectivity index (χ4v) is 3.51. The van der Waals surface area contributed by atoms with Gasteiger partial charge in [-0.2, -0.15) is 0 Å². The molecule has 0 bridgehead atoms. The molecule has 1 aliphatic rings. The van der Waals surface area contributed by atoms with Crippen LogP contribution in [0.3, 0.4) is 0 Å². The van der Waals surface area contributed by atoms with Crippen molar-refractivity contribution in [3.8, 4) is 0 Å². The highest BCUT2D eigenvalue weighted by atomic mass is 16.5. The molecule has 2 aromatic carbocycles. The first-order valence-corrected chi connectivity index (χ1v) is 10.3. The van der Waals surface area contributed by atoms with E-state index >= 15 is 0 Å². The molecule has 0 aromatic heterocycles. The van der Waals surface area contributed by atoms with Crippen LogP contribution in [0, 0.1) is 19.8 Å². The first-order chi connectivity index (χ1) is 14.3. The number of aryl methyl sites for hydroxylation is 2. The summed E-state index contributed by atoms with van der Waals surface area (Å²) in [4.78, 5) is 39.3. The number of hydrogen-bond donors (Lipinski definition) is 1. The van der Waals surface area contributed by atoms with E-state index in [9.17, 15) is 14.4 Å². The summed E-state index contributed by atoms with van der Waals surface area (Å²) in [7, 11) is 0. The number of benzene rings is 2. The number of amides is 2. The molecule has 2 amide bonds. The molecule has 6 heteroatoms. The Balaban J connectivity index is 1.48. The fourth-order valence-electron chi connectivity index (χ4n) is 3.51. The lowest BCUT2D eigenvalue weighted by atomic mass is 9.96. The Labute approximate surface area is 177 Å². The summed E-state index contributed by atoms with van der Waals surface area (Å²) < 4.78 is 5.39. The molecule has 0 radical (unpaired) electrons. The summed E-state index contributed by atoms with van der Waals surface area (Å²) in [6.45, 7) is 6.45. The van der Waals surface area contributed by atoms with E-state index in [0.29, 0.717) is 37.2 Å². The molecule has 2 aromatic rings. The molecule has 1 fully saturated rings. The van der Waals surface area contributed by atoms with Gasteiger partial charge in [0, 0.05) is 24.3 Å². The number of nitrogens with zero attached hydrogens (tertiary/aromatic N) is 1. The molecule has 0 spiro atoms. The van der Waals surface area contributed by atoms with Crippen molar-refractivity contribution in [2.45, 2.75) is 39.7 Å². The number of piperidine rings is 1. The van der Waals surface area contributed by atoms with Gasteiger partial charge in [0.2, 0.25) is 0 Å². The van der Waals surface area contributed by atoms with Gasteiger partial charge in [0.15, 0.2) is 6.10 Å². The van der Waals surface area contributed by atoms with Crippen molar-refractivity contribution >= 4 is 23.5 Å². The van der Waals surface area contributed by atoms with Gasteiger partial charge >= 0.3 is 5.97 Å². The molecule has 1 saturated heterocycles. The molecule has 0 unspecified atom stereocenters. The number of nitrogens with one attached hydrogen (secondary N) is 1. The van der Waals surface area contributed by atoms with E-state index in [4.69, 9.17) is 4.74 Å². The Morgan fingerprint density at radius 1 is 1.00 bits per heavy atom. The quantitative estimate of drug-likeness (QED) is 0.765. The van der Waals surface area contributed by atoms with E-state index in [1.54, 1.807) is 11.8 Å². The summed E-state index contributed by atoms with van der Waals surface area (Å²) in [6, 6.07) is 14.9. The third-order valence-corrected chi connectivity index (χ3v) is 5.47. The first-order valence-electron chi connectivity index (χ1n) is 10.3. The average molecular weight is 408 g/mol. The lowest BCUT2D eigenvalue weighted by molar-refractivity contribution is -0.158.